The molecule has 0 amide bonds. The van der Waals surface area contributed by atoms with Crippen LogP contribution in [0.15, 0.2) is 18.2 Å². The van der Waals surface area contributed by atoms with Gasteiger partial charge in [-0.25, -0.2) is 4.39 Å². The Morgan fingerprint density at radius 1 is 1.40 bits per heavy atom. The number of halogens is 1. The number of rotatable bonds is 8. The van der Waals surface area contributed by atoms with E-state index in [2.05, 4.69) is 10.0 Å². The highest BCUT2D eigenvalue weighted by Crippen LogP contribution is 2.21. The minimum absolute atomic E-state index is 0.0651. The van der Waals surface area contributed by atoms with Crippen molar-refractivity contribution in [3.05, 3.63) is 24.0 Å². The van der Waals surface area contributed by atoms with Crippen molar-refractivity contribution in [1.29, 1.82) is 0 Å². The lowest BCUT2D eigenvalue weighted by Crippen LogP contribution is -2.34. The smallest absolute Gasteiger partial charge is 0.301 e. The molecule has 8 heteroatoms. The van der Waals surface area contributed by atoms with Gasteiger partial charge in [-0.2, -0.15) is 12.7 Å². The molecule has 0 atom stereocenters. The molecule has 1 aromatic rings. The first-order valence-corrected chi connectivity index (χ1v) is 7.57. The summed E-state index contributed by atoms with van der Waals surface area (Å²) in [5.41, 5.74) is 0.156. The zero-order valence-electron chi connectivity index (χ0n) is 11.8. The largest absolute Gasteiger partial charge is 0.494 e. The Hall–Kier alpha value is -1.38. The number of hydrogen-bond acceptors (Lipinski definition) is 4. The van der Waals surface area contributed by atoms with E-state index < -0.39 is 16.0 Å². The molecule has 0 bridgehead atoms. The number of ether oxygens (including phenoxy) is 1. The molecule has 0 saturated carbocycles. The molecule has 6 nitrogen and oxygen atoms in total. The maximum atomic E-state index is 13.5. The average Bonchev–Trinajstić information content (AvgIpc) is 2.38. The van der Waals surface area contributed by atoms with Crippen LogP contribution in [0.2, 0.25) is 0 Å². The Bertz CT molecular complexity index is 537. The molecule has 0 spiro atoms. The molecule has 0 unspecified atom stereocenters. The van der Waals surface area contributed by atoms with Crippen molar-refractivity contribution < 1.29 is 17.5 Å². The molecule has 0 aliphatic rings. The summed E-state index contributed by atoms with van der Waals surface area (Å²) in [5.74, 6) is -0.555. The van der Waals surface area contributed by atoms with Gasteiger partial charge in [-0.1, -0.05) is 0 Å². The van der Waals surface area contributed by atoms with Gasteiger partial charge in [0.05, 0.1) is 12.8 Å². The normalized spacial score (nSPS) is 11.7. The van der Waals surface area contributed by atoms with Gasteiger partial charge < -0.3 is 10.1 Å². The molecule has 0 radical (unpaired) electrons. The second-order valence-corrected chi connectivity index (χ2v) is 6.01. The summed E-state index contributed by atoms with van der Waals surface area (Å²) in [7, 11) is 0.932. The van der Waals surface area contributed by atoms with Crippen molar-refractivity contribution in [2.45, 2.75) is 6.42 Å². The predicted molar refractivity (Wildman–Crippen MR) is 76.7 cm³/mol. The van der Waals surface area contributed by atoms with E-state index >= 15 is 0 Å². The predicted octanol–water partition coefficient (Wildman–Crippen LogP) is 1.03. The SMILES string of the molecule is CNCCCN(C)S(=O)(=O)Nc1ccc(OC)c(F)c1. The Kier molecular flexibility index (Phi) is 6.18. The fourth-order valence-electron chi connectivity index (χ4n) is 1.56. The maximum Gasteiger partial charge on any atom is 0.301 e. The van der Waals surface area contributed by atoms with Crippen molar-refractivity contribution in [1.82, 2.24) is 9.62 Å². The first-order chi connectivity index (χ1) is 9.40. The Labute approximate surface area is 119 Å². The van der Waals surface area contributed by atoms with Crippen LogP contribution in [0.5, 0.6) is 5.75 Å². The third kappa shape index (κ3) is 4.62. The van der Waals surface area contributed by atoms with Crippen molar-refractivity contribution in [2.75, 3.05) is 39.0 Å². The van der Waals surface area contributed by atoms with Crippen LogP contribution >= 0.6 is 0 Å². The highest BCUT2D eigenvalue weighted by atomic mass is 32.2. The third-order valence-electron chi connectivity index (χ3n) is 2.71. The second-order valence-electron chi connectivity index (χ2n) is 4.24. The van der Waals surface area contributed by atoms with Gasteiger partial charge >= 0.3 is 10.2 Å². The summed E-state index contributed by atoms with van der Waals surface area (Å²) in [6, 6.07) is 3.90. The van der Waals surface area contributed by atoms with E-state index in [1.807, 2.05) is 0 Å². The highest BCUT2D eigenvalue weighted by molar-refractivity contribution is 7.90. The Balaban J connectivity index is 2.72. The van der Waals surface area contributed by atoms with Gasteiger partial charge in [0.1, 0.15) is 0 Å². The number of anilines is 1. The van der Waals surface area contributed by atoms with Crippen LogP contribution in [0, 0.1) is 5.82 Å². The Morgan fingerprint density at radius 3 is 2.65 bits per heavy atom. The summed E-state index contributed by atoms with van der Waals surface area (Å²) in [6.45, 7) is 1.09. The summed E-state index contributed by atoms with van der Waals surface area (Å²) < 4.78 is 45.8. The summed E-state index contributed by atoms with van der Waals surface area (Å²) in [6.07, 6.45) is 0.685. The van der Waals surface area contributed by atoms with Crippen LogP contribution in [0.25, 0.3) is 0 Å². The molecule has 2 N–H and O–H groups in total. The first kappa shape index (κ1) is 16.7. The van der Waals surface area contributed by atoms with Crippen molar-refractivity contribution in [3.8, 4) is 5.75 Å². The fourth-order valence-corrected chi connectivity index (χ4v) is 2.51. The molecule has 0 fully saturated rings. The number of methoxy groups -OCH3 is 1. The van der Waals surface area contributed by atoms with E-state index in [0.717, 1.165) is 12.6 Å². The van der Waals surface area contributed by atoms with Crippen molar-refractivity contribution >= 4 is 15.9 Å². The van der Waals surface area contributed by atoms with Gasteiger partial charge in [-0.3, -0.25) is 4.72 Å². The highest BCUT2D eigenvalue weighted by Gasteiger charge is 2.17. The van der Waals surface area contributed by atoms with Crippen LogP contribution < -0.4 is 14.8 Å². The summed E-state index contributed by atoms with van der Waals surface area (Å²) >= 11 is 0. The zero-order valence-corrected chi connectivity index (χ0v) is 12.6. The number of benzene rings is 1. The van der Waals surface area contributed by atoms with Gasteiger partial charge in [0.2, 0.25) is 0 Å². The molecule has 114 valence electrons. The van der Waals surface area contributed by atoms with Crippen LogP contribution in [-0.4, -0.2) is 47.0 Å². The molecule has 0 saturated heterocycles. The molecule has 0 aliphatic heterocycles. The Morgan fingerprint density at radius 2 is 2.10 bits per heavy atom. The average molecular weight is 305 g/mol. The first-order valence-electron chi connectivity index (χ1n) is 6.13. The summed E-state index contributed by atoms with van der Waals surface area (Å²) in [5, 5.41) is 2.94. The quantitative estimate of drug-likeness (QED) is 0.704. The van der Waals surface area contributed by atoms with E-state index in [0.29, 0.717) is 13.0 Å². The maximum absolute atomic E-state index is 13.5. The molecule has 20 heavy (non-hydrogen) atoms. The van der Waals surface area contributed by atoms with Gasteiger partial charge in [0, 0.05) is 19.7 Å². The lowest BCUT2D eigenvalue weighted by Gasteiger charge is -2.18. The third-order valence-corrected chi connectivity index (χ3v) is 4.21. The number of hydrogen-bond donors (Lipinski definition) is 2. The lowest BCUT2D eigenvalue weighted by molar-refractivity contribution is 0.386. The van der Waals surface area contributed by atoms with Crippen LogP contribution in [0.1, 0.15) is 6.42 Å². The van der Waals surface area contributed by atoms with Gasteiger partial charge in [-0.05, 0) is 32.1 Å². The van der Waals surface area contributed by atoms with Crippen LogP contribution in [-0.2, 0) is 10.2 Å². The zero-order chi connectivity index (χ0) is 15.2. The minimum Gasteiger partial charge on any atom is -0.494 e. The molecule has 0 aliphatic carbocycles. The number of nitrogens with zero attached hydrogens (tertiary/aromatic N) is 1. The molecule has 0 heterocycles. The van der Waals surface area contributed by atoms with E-state index in [4.69, 9.17) is 4.74 Å². The van der Waals surface area contributed by atoms with Crippen molar-refractivity contribution in [3.63, 3.8) is 0 Å². The van der Waals surface area contributed by atoms with Crippen LogP contribution in [0.4, 0.5) is 10.1 Å². The molecular formula is C12H20FN3O3S. The molecule has 1 aromatic carbocycles. The van der Waals surface area contributed by atoms with Crippen LogP contribution in [0.3, 0.4) is 0 Å². The molecule has 1 rings (SSSR count). The fraction of sp³-hybridized carbons (Fsp3) is 0.500. The monoisotopic (exact) mass is 305 g/mol. The standard InChI is InChI=1S/C12H20FN3O3S/c1-14-7-4-8-16(2)20(17,18)15-10-5-6-12(19-3)11(13)9-10/h5-6,9,14-15H,4,7-8H2,1-3H3. The van der Waals surface area contributed by atoms with E-state index in [9.17, 15) is 12.8 Å². The van der Waals surface area contributed by atoms with E-state index in [1.54, 1.807) is 7.05 Å². The van der Waals surface area contributed by atoms with Gasteiger partial charge in [-0.15, -0.1) is 0 Å². The lowest BCUT2D eigenvalue weighted by atomic mass is 10.3. The molecule has 0 aromatic heterocycles. The van der Waals surface area contributed by atoms with E-state index in [1.165, 1.54) is 30.6 Å². The van der Waals surface area contributed by atoms with E-state index in [-0.39, 0.29) is 11.4 Å². The second kappa shape index (κ2) is 7.41. The number of nitrogens with one attached hydrogen (secondary N) is 2. The van der Waals surface area contributed by atoms with Gasteiger partial charge in [0.25, 0.3) is 0 Å². The van der Waals surface area contributed by atoms with Crippen molar-refractivity contribution in [2.24, 2.45) is 0 Å². The topological polar surface area (TPSA) is 70.7 Å². The summed E-state index contributed by atoms with van der Waals surface area (Å²) in [4.78, 5) is 0. The molecular weight excluding hydrogens is 285 g/mol. The minimum atomic E-state index is -3.68. The van der Waals surface area contributed by atoms with Gasteiger partial charge in [0.15, 0.2) is 11.6 Å².